The molecule has 0 heterocycles. The number of allylic oxidation sites excluding steroid dienone is 4. The van der Waals surface area contributed by atoms with Crippen molar-refractivity contribution in [3.63, 3.8) is 0 Å². The molecule has 0 aliphatic heterocycles. The number of hydrogen-bond acceptors (Lipinski definition) is 0. The monoisotopic (exact) mass is 108 g/mol. The Morgan fingerprint density at radius 2 is 2.38 bits per heavy atom. The molecule has 0 nitrogen and oxygen atoms in total. The Morgan fingerprint density at radius 3 is 2.75 bits per heavy atom. The Labute approximate surface area is 50.9 Å². The topological polar surface area (TPSA) is 0 Å². The maximum atomic E-state index is 2.26. The third-order valence-corrected chi connectivity index (χ3v) is 1.59. The Kier molecular flexibility index (Phi) is 1.90. The minimum absolute atomic E-state index is 1.19. The second-order valence-electron chi connectivity index (χ2n) is 2.16. The fraction of sp³-hybridized carbons (Fsp3) is 0.500. The standard InChI is InChI=1S/C8H12/c1-2-8-6-4-3-5-7-8/h2-4H,5-7H2,1H3/b8-2-. The molecule has 0 bridgehead atoms. The summed E-state index contributed by atoms with van der Waals surface area (Å²) in [5.74, 6) is 0. The molecule has 0 fully saturated rings. The Balaban J connectivity index is 2.50. The van der Waals surface area contributed by atoms with Crippen molar-refractivity contribution in [2.24, 2.45) is 0 Å². The van der Waals surface area contributed by atoms with Gasteiger partial charge in [-0.25, -0.2) is 0 Å². The quantitative estimate of drug-likeness (QED) is 0.418. The van der Waals surface area contributed by atoms with Crippen LogP contribution in [0.5, 0.6) is 0 Å². The summed E-state index contributed by atoms with van der Waals surface area (Å²) in [6.45, 7) is 2.12. The molecule has 0 aromatic heterocycles. The molecule has 0 N–H and O–H groups in total. The third kappa shape index (κ3) is 1.22. The molecule has 0 saturated heterocycles. The zero-order chi connectivity index (χ0) is 5.82. The van der Waals surface area contributed by atoms with Gasteiger partial charge in [0.25, 0.3) is 0 Å². The fourth-order valence-electron chi connectivity index (χ4n) is 0.986. The molecule has 0 aromatic carbocycles. The second-order valence-corrected chi connectivity index (χ2v) is 2.16. The average Bonchev–Trinajstić information content (AvgIpc) is 1.90. The van der Waals surface area contributed by atoms with E-state index in [9.17, 15) is 0 Å². The van der Waals surface area contributed by atoms with Crippen molar-refractivity contribution in [3.05, 3.63) is 23.8 Å². The molecular weight excluding hydrogens is 96.1 g/mol. The van der Waals surface area contributed by atoms with Crippen molar-refractivity contribution >= 4 is 0 Å². The van der Waals surface area contributed by atoms with Crippen LogP contribution in [-0.2, 0) is 0 Å². The molecule has 0 unspecified atom stereocenters. The van der Waals surface area contributed by atoms with Gasteiger partial charge in [0.1, 0.15) is 0 Å². The van der Waals surface area contributed by atoms with Gasteiger partial charge in [-0.05, 0) is 26.2 Å². The van der Waals surface area contributed by atoms with E-state index in [0.717, 1.165) is 0 Å². The largest absolute Gasteiger partial charge is 0.0881 e. The highest BCUT2D eigenvalue weighted by molar-refractivity contribution is 5.11. The Morgan fingerprint density at radius 1 is 1.50 bits per heavy atom. The van der Waals surface area contributed by atoms with Crippen LogP contribution in [0.25, 0.3) is 0 Å². The van der Waals surface area contributed by atoms with Crippen molar-refractivity contribution in [2.45, 2.75) is 26.2 Å². The minimum atomic E-state index is 1.19. The molecule has 1 aliphatic carbocycles. The lowest BCUT2D eigenvalue weighted by Crippen LogP contribution is -1.85. The molecular formula is C8H12. The van der Waals surface area contributed by atoms with Crippen molar-refractivity contribution in [3.8, 4) is 0 Å². The molecule has 0 spiro atoms. The molecule has 0 saturated carbocycles. The van der Waals surface area contributed by atoms with Crippen LogP contribution in [0.2, 0.25) is 0 Å². The van der Waals surface area contributed by atoms with E-state index in [2.05, 4.69) is 25.2 Å². The molecule has 1 rings (SSSR count). The first kappa shape index (κ1) is 5.61. The second kappa shape index (κ2) is 2.71. The summed E-state index contributed by atoms with van der Waals surface area (Å²) in [6, 6.07) is 0. The van der Waals surface area contributed by atoms with E-state index < -0.39 is 0 Å². The molecule has 0 heteroatoms. The van der Waals surface area contributed by atoms with E-state index in [1.165, 1.54) is 19.3 Å². The van der Waals surface area contributed by atoms with Crippen molar-refractivity contribution < 1.29 is 0 Å². The SMILES string of the molecule is C/C=C1/CC=CCC1. The molecule has 1 aliphatic rings. The van der Waals surface area contributed by atoms with E-state index >= 15 is 0 Å². The van der Waals surface area contributed by atoms with Crippen molar-refractivity contribution in [1.82, 2.24) is 0 Å². The number of rotatable bonds is 0. The first-order chi connectivity index (χ1) is 3.93. The van der Waals surface area contributed by atoms with Crippen LogP contribution in [0.1, 0.15) is 26.2 Å². The summed E-state index contributed by atoms with van der Waals surface area (Å²) in [6.07, 6.45) is 10.5. The van der Waals surface area contributed by atoms with Crippen molar-refractivity contribution in [1.29, 1.82) is 0 Å². The van der Waals surface area contributed by atoms with E-state index in [-0.39, 0.29) is 0 Å². The van der Waals surface area contributed by atoms with E-state index in [4.69, 9.17) is 0 Å². The smallest absolute Gasteiger partial charge is 0.0139 e. The Hall–Kier alpha value is -0.520. The average molecular weight is 108 g/mol. The highest BCUT2D eigenvalue weighted by Crippen LogP contribution is 2.15. The lowest BCUT2D eigenvalue weighted by atomic mass is 10.0. The Bertz CT molecular complexity index is 118. The van der Waals surface area contributed by atoms with Gasteiger partial charge in [-0.2, -0.15) is 0 Å². The van der Waals surface area contributed by atoms with Crippen molar-refractivity contribution in [2.75, 3.05) is 0 Å². The molecule has 0 amide bonds. The maximum absolute atomic E-state index is 2.26. The van der Waals surface area contributed by atoms with E-state index in [1.54, 1.807) is 5.57 Å². The maximum Gasteiger partial charge on any atom is -0.0139 e. The summed E-state index contributed by atoms with van der Waals surface area (Å²) < 4.78 is 0. The predicted molar refractivity (Wildman–Crippen MR) is 36.7 cm³/mol. The zero-order valence-electron chi connectivity index (χ0n) is 5.35. The molecule has 0 aromatic rings. The molecule has 8 heavy (non-hydrogen) atoms. The van der Waals surface area contributed by atoms with Crippen LogP contribution in [0.3, 0.4) is 0 Å². The summed E-state index contributed by atoms with van der Waals surface area (Å²) in [5, 5.41) is 0. The predicted octanol–water partition coefficient (Wildman–Crippen LogP) is 2.67. The van der Waals surface area contributed by atoms with Crippen LogP contribution in [0.4, 0.5) is 0 Å². The van der Waals surface area contributed by atoms with Gasteiger partial charge in [0.05, 0.1) is 0 Å². The zero-order valence-corrected chi connectivity index (χ0v) is 5.35. The molecule has 0 atom stereocenters. The first-order valence-electron chi connectivity index (χ1n) is 3.22. The van der Waals surface area contributed by atoms with Gasteiger partial charge in [0.2, 0.25) is 0 Å². The van der Waals surface area contributed by atoms with Gasteiger partial charge >= 0.3 is 0 Å². The third-order valence-electron chi connectivity index (χ3n) is 1.59. The van der Waals surface area contributed by atoms with Gasteiger partial charge in [-0.15, -0.1) is 0 Å². The minimum Gasteiger partial charge on any atom is -0.0881 e. The lowest BCUT2D eigenvalue weighted by Gasteiger charge is -2.05. The van der Waals surface area contributed by atoms with Crippen LogP contribution < -0.4 is 0 Å². The lowest BCUT2D eigenvalue weighted by molar-refractivity contribution is 0.896. The summed E-state index contributed by atoms with van der Waals surface area (Å²) in [5.41, 5.74) is 1.59. The van der Waals surface area contributed by atoms with Gasteiger partial charge in [0, 0.05) is 0 Å². The van der Waals surface area contributed by atoms with Crippen LogP contribution in [0, 0.1) is 0 Å². The highest BCUT2D eigenvalue weighted by atomic mass is 14.0. The van der Waals surface area contributed by atoms with Gasteiger partial charge < -0.3 is 0 Å². The normalized spacial score (nSPS) is 24.4. The van der Waals surface area contributed by atoms with Crippen LogP contribution in [-0.4, -0.2) is 0 Å². The van der Waals surface area contributed by atoms with E-state index in [1.807, 2.05) is 0 Å². The van der Waals surface area contributed by atoms with Crippen LogP contribution in [0.15, 0.2) is 23.8 Å². The van der Waals surface area contributed by atoms with Crippen LogP contribution >= 0.6 is 0 Å². The summed E-state index contributed by atoms with van der Waals surface area (Å²) >= 11 is 0. The fourth-order valence-corrected chi connectivity index (χ4v) is 0.986. The van der Waals surface area contributed by atoms with Gasteiger partial charge in [-0.1, -0.05) is 23.8 Å². The van der Waals surface area contributed by atoms with Gasteiger partial charge in [-0.3, -0.25) is 0 Å². The van der Waals surface area contributed by atoms with Gasteiger partial charge in [0.15, 0.2) is 0 Å². The number of hydrogen-bond donors (Lipinski definition) is 0. The molecule has 0 radical (unpaired) electrons. The van der Waals surface area contributed by atoms with E-state index in [0.29, 0.717) is 0 Å². The summed E-state index contributed by atoms with van der Waals surface area (Å²) in [4.78, 5) is 0. The highest BCUT2D eigenvalue weighted by Gasteiger charge is 1.95. The summed E-state index contributed by atoms with van der Waals surface area (Å²) in [7, 11) is 0. The molecule has 44 valence electrons. The first-order valence-corrected chi connectivity index (χ1v) is 3.22.